The standard InChI is InChI=1S/C11H14NO2/c1-4-9-5-10(8(2)3)7-11(6-9)12(13)14/h5-8H,2,4H2,1,3H3. The molecule has 0 aliphatic heterocycles. The van der Waals surface area contributed by atoms with Gasteiger partial charge in [0.25, 0.3) is 5.69 Å². The number of nitro benzene ring substituents is 1. The van der Waals surface area contributed by atoms with Crippen LogP contribution < -0.4 is 0 Å². The molecule has 0 heterocycles. The van der Waals surface area contributed by atoms with E-state index in [4.69, 9.17) is 0 Å². The van der Waals surface area contributed by atoms with Crippen molar-refractivity contribution in [3.05, 3.63) is 46.4 Å². The highest BCUT2D eigenvalue weighted by atomic mass is 16.6. The highest BCUT2D eigenvalue weighted by Crippen LogP contribution is 2.22. The Bertz CT molecular complexity index is 345. The molecule has 0 N–H and O–H groups in total. The highest BCUT2D eigenvalue weighted by molar-refractivity contribution is 5.40. The van der Waals surface area contributed by atoms with Gasteiger partial charge in [-0.25, -0.2) is 0 Å². The van der Waals surface area contributed by atoms with Crippen LogP contribution in [-0.4, -0.2) is 4.92 Å². The molecule has 0 saturated carbocycles. The van der Waals surface area contributed by atoms with E-state index in [2.05, 4.69) is 6.92 Å². The van der Waals surface area contributed by atoms with E-state index in [0.29, 0.717) is 0 Å². The Labute approximate surface area is 83.9 Å². The van der Waals surface area contributed by atoms with Crippen LogP contribution in [0.3, 0.4) is 0 Å². The average Bonchev–Trinajstić information content (AvgIpc) is 2.16. The zero-order chi connectivity index (χ0) is 10.7. The number of hydrogen-bond acceptors (Lipinski definition) is 2. The monoisotopic (exact) mass is 192 g/mol. The normalized spacial score (nSPS) is 10.6. The fraction of sp³-hybridized carbons (Fsp3) is 0.364. The first kappa shape index (κ1) is 10.7. The van der Waals surface area contributed by atoms with E-state index >= 15 is 0 Å². The minimum atomic E-state index is -0.356. The van der Waals surface area contributed by atoms with Crippen molar-refractivity contribution in [3.63, 3.8) is 0 Å². The number of aryl methyl sites for hydroxylation is 1. The van der Waals surface area contributed by atoms with Crippen molar-refractivity contribution in [3.8, 4) is 0 Å². The molecule has 3 heteroatoms. The molecule has 0 bridgehead atoms. The van der Waals surface area contributed by atoms with Gasteiger partial charge in [0.2, 0.25) is 0 Å². The number of hydrogen-bond donors (Lipinski definition) is 0. The van der Waals surface area contributed by atoms with Gasteiger partial charge in [0, 0.05) is 12.1 Å². The molecule has 1 unspecified atom stereocenters. The molecular formula is C11H14NO2. The number of non-ortho nitro benzene ring substituents is 1. The highest BCUT2D eigenvalue weighted by Gasteiger charge is 2.10. The number of nitrogens with zero attached hydrogens (tertiary/aromatic N) is 1. The third-order valence-corrected chi connectivity index (χ3v) is 2.19. The van der Waals surface area contributed by atoms with Crippen molar-refractivity contribution in [2.45, 2.75) is 26.2 Å². The molecule has 0 aliphatic carbocycles. The second kappa shape index (κ2) is 4.22. The Morgan fingerprint density at radius 2 is 2.14 bits per heavy atom. The van der Waals surface area contributed by atoms with Gasteiger partial charge in [-0.3, -0.25) is 10.1 Å². The summed E-state index contributed by atoms with van der Waals surface area (Å²) in [6, 6.07) is 5.19. The van der Waals surface area contributed by atoms with Crippen LogP contribution in [-0.2, 0) is 6.42 Å². The summed E-state index contributed by atoms with van der Waals surface area (Å²) in [6.07, 6.45) is 0.807. The van der Waals surface area contributed by atoms with Crippen LogP contribution in [0.25, 0.3) is 0 Å². The van der Waals surface area contributed by atoms with E-state index in [1.807, 2.05) is 19.9 Å². The minimum Gasteiger partial charge on any atom is -0.258 e. The van der Waals surface area contributed by atoms with Gasteiger partial charge in [0.05, 0.1) is 4.92 Å². The largest absolute Gasteiger partial charge is 0.269 e. The van der Waals surface area contributed by atoms with Crippen LogP contribution >= 0.6 is 0 Å². The van der Waals surface area contributed by atoms with Crippen LogP contribution in [0.15, 0.2) is 18.2 Å². The number of benzene rings is 1. The first-order valence-electron chi connectivity index (χ1n) is 4.66. The van der Waals surface area contributed by atoms with Crippen molar-refractivity contribution in [1.82, 2.24) is 0 Å². The number of nitro groups is 1. The summed E-state index contributed by atoms with van der Waals surface area (Å²) in [6.45, 7) is 7.77. The minimum absolute atomic E-state index is 0.0835. The first-order chi connectivity index (χ1) is 6.54. The molecule has 75 valence electrons. The zero-order valence-electron chi connectivity index (χ0n) is 8.49. The topological polar surface area (TPSA) is 43.1 Å². The molecule has 0 aliphatic rings. The summed E-state index contributed by atoms with van der Waals surface area (Å²) in [5, 5.41) is 10.6. The lowest BCUT2D eigenvalue weighted by atomic mass is 9.99. The molecular weight excluding hydrogens is 178 g/mol. The molecule has 1 aromatic rings. The fourth-order valence-corrected chi connectivity index (χ4v) is 1.29. The molecule has 0 fully saturated rings. The van der Waals surface area contributed by atoms with Crippen molar-refractivity contribution < 1.29 is 4.92 Å². The average molecular weight is 192 g/mol. The lowest BCUT2D eigenvalue weighted by molar-refractivity contribution is -0.385. The van der Waals surface area contributed by atoms with Gasteiger partial charge < -0.3 is 0 Å². The smallest absolute Gasteiger partial charge is 0.258 e. The Balaban J connectivity index is 3.20. The first-order valence-corrected chi connectivity index (χ1v) is 4.66. The fourth-order valence-electron chi connectivity index (χ4n) is 1.29. The van der Waals surface area contributed by atoms with Gasteiger partial charge in [-0.05, 0) is 30.4 Å². The lowest BCUT2D eigenvalue weighted by Gasteiger charge is -2.06. The molecule has 1 aromatic carbocycles. The molecule has 0 amide bonds. The molecule has 0 aromatic heterocycles. The van der Waals surface area contributed by atoms with Gasteiger partial charge in [0.1, 0.15) is 0 Å². The summed E-state index contributed by atoms with van der Waals surface area (Å²) < 4.78 is 0. The molecule has 3 nitrogen and oxygen atoms in total. The van der Waals surface area contributed by atoms with Gasteiger partial charge in [0.15, 0.2) is 0 Å². The molecule has 1 rings (SSSR count). The maximum atomic E-state index is 10.6. The summed E-state index contributed by atoms with van der Waals surface area (Å²) in [4.78, 5) is 10.3. The Morgan fingerprint density at radius 1 is 1.50 bits per heavy atom. The maximum Gasteiger partial charge on any atom is 0.269 e. The van der Waals surface area contributed by atoms with Crippen LogP contribution in [0.2, 0.25) is 0 Å². The van der Waals surface area contributed by atoms with Gasteiger partial charge in [-0.2, -0.15) is 0 Å². The zero-order valence-corrected chi connectivity index (χ0v) is 8.49. The van der Waals surface area contributed by atoms with Gasteiger partial charge in [-0.1, -0.05) is 19.9 Å². The van der Waals surface area contributed by atoms with Crippen LogP contribution in [0, 0.1) is 17.0 Å². The van der Waals surface area contributed by atoms with Crippen molar-refractivity contribution >= 4 is 5.69 Å². The van der Waals surface area contributed by atoms with Gasteiger partial charge >= 0.3 is 0 Å². The third-order valence-electron chi connectivity index (χ3n) is 2.19. The predicted molar refractivity (Wildman–Crippen MR) is 56.2 cm³/mol. The van der Waals surface area contributed by atoms with Crippen LogP contribution in [0.1, 0.15) is 30.9 Å². The predicted octanol–water partition coefficient (Wildman–Crippen LogP) is 3.09. The van der Waals surface area contributed by atoms with E-state index < -0.39 is 0 Å². The summed E-state index contributed by atoms with van der Waals surface area (Å²) in [7, 11) is 0. The Kier molecular flexibility index (Phi) is 3.23. The number of rotatable bonds is 3. The second-order valence-corrected chi connectivity index (χ2v) is 3.44. The quantitative estimate of drug-likeness (QED) is 0.545. The Morgan fingerprint density at radius 3 is 2.57 bits per heavy atom. The summed E-state index contributed by atoms with van der Waals surface area (Å²) in [5.41, 5.74) is 2.08. The van der Waals surface area contributed by atoms with E-state index in [1.165, 1.54) is 0 Å². The lowest BCUT2D eigenvalue weighted by Crippen LogP contribution is -1.95. The van der Waals surface area contributed by atoms with Gasteiger partial charge in [-0.15, -0.1) is 0 Å². The van der Waals surface area contributed by atoms with Crippen molar-refractivity contribution in [2.24, 2.45) is 0 Å². The molecule has 0 saturated heterocycles. The van der Waals surface area contributed by atoms with Crippen molar-refractivity contribution in [1.29, 1.82) is 0 Å². The maximum absolute atomic E-state index is 10.6. The SMILES string of the molecule is [CH2]C(C)c1cc(CC)cc([N+](=O)[O-])c1. The summed E-state index contributed by atoms with van der Waals surface area (Å²) >= 11 is 0. The van der Waals surface area contributed by atoms with E-state index in [1.54, 1.807) is 12.1 Å². The van der Waals surface area contributed by atoms with E-state index in [-0.39, 0.29) is 16.5 Å². The molecule has 1 radical (unpaired) electrons. The molecule has 14 heavy (non-hydrogen) atoms. The van der Waals surface area contributed by atoms with Crippen molar-refractivity contribution in [2.75, 3.05) is 0 Å². The van der Waals surface area contributed by atoms with E-state index in [0.717, 1.165) is 17.5 Å². The Hall–Kier alpha value is -1.38. The second-order valence-electron chi connectivity index (χ2n) is 3.44. The molecule has 0 spiro atoms. The van der Waals surface area contributed by atoms with Crippen LogP contribution in [0.5, 0.6) is 0 Å². The van der Waals surface area contributed by atoms with E-state index in [9.17, 15) is 10.1 Å². The van der Waals surface area contributed by atoms with Crippen LogP contribution in [0.4, 0.5) is 5.69 Å². The molecule has 1 atom stereocenters. The third kappa shape index (κ3) is 2.31. The summed E-state index contributed by atoms with van der Waals surface area (Å²) in [5.74, 6) is 0.0835.